The monoisotopic (exact) mass is 875 g/mol. The molecule has 0 amide bonds. The van der Waals surface area contributed by atoms with Crippen molar-refractivity contribution in [2.24, 2.45) is 0 Å². The van der Waals surface area contributed by atoms with E-state index in [0.29, 0.717) is 12.8 Å². The lowest BCUT2D eigenvalue weighted by molar-refractivity contribution is -0.161. The molecular weight excluding hydrogens is 780 g/mol. The van der Waals surface area contributed by atoms with E-state index in [1.165, 1.54) is 167 Å². The van der Waals surface area contributed by atoms with Gasteiger partial charge in [0.15, 0.2) is 6.10 Å². The van der Waals surface area contributed by atoms with E-state index in [1.807, 2.05) is 0 Å². The average molecular weight is 875 g/mol. The number of carbonyl (C=O) groups excluding carboxylic acids is 2. The van der Waals surface area contributed by atoms with E-state index in [1.54, 1.807) is 0 Å². The van der Waals surface area contributed by atoms with E-state index in [2.05, 4.69) is 26.0 Å². The largest absolute Gasteiger partial charge is 0.472 e. The van der Waals surface area contributed by atoms with Crippen LogP contribution in [0.1, 0.15) is 251 Å². The summed E-state index contributed by atoms with van der Waals surface area (Å²) in [6.07, 6.45) is 46.2. The molecular formula is C49H95O10P. The summed E-state index contributed by atoms with van der Waals surface area (Å²) < 4.78 is 32.8. The third-order valence-corrected chi connectivity index (χ3v) is 12.1. The summed E-state index contributed by atoms with van der Waals surface area (Å²) in [6.45, 7) is 2.41. The Balaban J connectivity index is 4.13. The van der Waals surface area contributed by atoms with Crippen molar-refractivity contribution in [1.82, 2.24) is 0 Å². The summed E-state index contributed by atoms with van der Waals surface area (Å²) in [5.41, 5.74) is 0. The molecule has 3 atom stereocenters. The van der Waals surface area contributed by atoms with E-state index in [9.17, 15) is 24.2 Å². The second kappa shape index (κ2) is 45.7. The van der Waals surface area contributed by atoms with Gasteiger partial charge in [-0.25, -0.2) is 4.57 Å². The topological polar surface area (TPSA) is 149 Å². The zero-order valence-corrected chi connectivity index (χ0v) is 39.8. The van der Waals surface area contributed by atoms with Crippen LogP contribution in [0.15, 0.2) is 12.2 Å². The fourth-order valence-electron chi connectivity index (χ4n) is 7.28. The molecule has 1 unspecified atom stereocenters. The molecule has 0 aliphatic rings. The first-order valence-electron chi connectivity index (χ1n) is 25.1. The van der Waals surface area contributed by atoms with Gasteiger partial charge < -0.3 is 24.6 Å². The number of aliphatic hydroxyl groups excluding tert-OH is 2. The number of ether oxygens (including phenoxy) is 2. The Hall–Kier alpha value is -1.29. The van der Waals surface area contributed by atoms with Crippen LogP contribution >= 0.6 is 7.82 Å². The molecule has 0 rings (SSSR count). The molecule has 0 fully saturated rings. The smallest absolute Gasteiger partial charge is 0.462 e. The van der Waals surface area contributed by atoms with Crippen LogP contribution in [0.25, 0.3) is 0 Å². The number of phosphoric acid groups is 1. The van der Waals surface area contributed by atoms with Gasteiger partial charge in [-0.05, 0) is 38.5 Å². The highest BCUT2D eigenvalue weighted by molar-refractivity contribution is 7.47. The highest BCUT2D eigenvalue weighted by Gasteiger charge is 2.27. The Morgan fingerprint density at radius 1 is 0.483 bits per heavy atom. The maximum absolute atomic E-state index is 12.6. The minimum Gasteiger partial charge on any atom is -0.462 e. The van der Waals surface area contributed by atoms with Gasteiger partial charge in [0.05, 0.1) is 19.8 Å². The third-order valence-electron chi connectivity index (χ3n) is 11.2. The summed E-state index contributed by atoms with van der Waals surface area (Å²) in [5.74, 6) is -0.928. The van der Waals surface area contributed by atoms with E-state index in [4.69, 9.17) is 23.6 Å². The van der Waals surface area contributed by atoms with Gasteiger partial charge in [0, 0.05) is 12.8 Å². The van der Waals surface area contributed by atoms with Gasteiger partial charge in [-0.2, -0.15) is 0 Å². The van der Waals surface area contributed by atoms with Gasteiger partial charge in [0.2, 0.25) is 0 Å². The van der Waals surface area contributed by atoms with Crippen molar-refractivity contribution in [3.05, 3.63) is 12.2 Å². The van der Waals surface area contributed by atoms with Gasteiger partial charge in [0.1, 0.15) is 12.7 Å². The van der Waals surface area contributed by atoms with Crippen LogP contribution in [0.2, 0.25) is 0 Å². The van der Waals surface area contributed by atoms with Gasteiger partial charge in [-0.1, -0.05) is 212 Å². The normalized spacial score (nSPS) is 13.8. The first-order valence-corrected chi connectivity index (χ1v) is 26.6. The quantitative estimate of drug-likeness (QED) is 0.0233. The van der Waals surface area contributed by atoms with Crippen LogP contribution < -0.4 is 0 Å². The van der Waals surface area contributed by atoms with E-state index in [0.717, 1.165) is 44.9 Å². The van der Waals surface area contributed by atoms with Crippen LogP contribution in [-0.4, -0.2) is 65.7 Å². The number of hydrogen-bond acceptors (Lipinski definition) is 9. The van der Waals surface area contributed by atoms with Crippen molar-refractivity contribution in [2.75, 3.05) is 26.4 Å². The molecule has 60 heavy (non-hydrogen) atoms. The second-order valence-electron chi connectivity index (χ2n) is 17.2. The predicted molar refractivity (Wildman–Crippen MR) is 247 cm³/mol. The van der Waals surface area contributed by atoms with Crippen LogP contribution in [0, 0.1) is 0 Å². The molecule has 3 N–H and O–H groups in total. The van der Waals surface area contributed by atoms with Crippen molar-refractivity contribution in [3.8, 4) is 0 Å². The molecule has 0 radical (unpaired) electrons. The maximum Gasteiger partial charge on any atom is 0.472 e. The van der Waals surface area contributed by atoms with E-state index >= 15 is 0 Å². The van der Waals surface area contributed by atoms with E-state index < -0.39 is 51.8 Å². The van der Waals surface area contributed by atoms with Crippen molar-refractivity contribution < 1.29 is 47.8 Å². The molecule has 0 aromatic rings. The molecule has 0 saturated carbocycles. The predicted octanol–water partition coefficient (Wildman–Crippen LogP) is 14.0. The maximum atomic E-state index is 12.6. The number of carbonyl (C=O) groups is 2. The standard InChI is InChI=1S/C49H95O10P/c1-3-5-7-9-11-13-15-17-19-20-21-22-23-24-25-27-28-30-32-34-36-38-40-48(52)56-44-47(45-58-60(54,55)57-43-46(51)42-50)59-49(53)41-39-37-35-33-31-29-26-18-16-14-12-10-8-6-4-2/h29,31,46-47,50-51H,3-28,30,32-45H2,1-2H3,(H,54,55)/b31-29+/t46-,47-/m1/s1. The Morgan fingerprint density at radius 3 is 1.22 bits per heavy atom. The first kappa shape index (κ1) is 58.7. The molecule has 0 aliphatic carbocycles. The number of unbranched alkanes of at least 4 members (excludes halogenated alkanes) is 32. The van der Waals surface area contributed by atoms with Crippen molar-refractivity contribution >= 4 is 19.8 Å². The SMILES string of the molecule is CCCCCCCCCC/C=C/CCCCCC(=O)O[C@H](COC(=O)CCCCCCCCCCCCCCCCCCCCCCCC)COP(=O)(O)OC[C@H](O)CO. The minimum absolute atomic E-state index is 0.169. The molecule has 0 aromatic heterocycles. The van der Waals surface area contributed by atoms with Crippen molar-refractivity contribution in [1.29, 1.82) is 0 Å². The van der Waals surface area contributed by atoms with Gasteiger partial charge >= 0.3 is 19.8 Å². The minimum atomic E-state index is -4.62. The zero-order chi connectivity index (χ0) is 44.0. The Bertz CT molecular complexity index is 1010. The first-order chi connectivity index (χ1) is 29.2. The van der Waals surface area contributed by atoms with Crippen molar-refractivity contribution in [2.45, 2.75) is 264 Å². The highest BCUT2D eigenvalue weighted by Crippen LogP contribution is 2.43. The Labute approximate surface area is 368 Å². The van der Waals surface area contributed by atoms with Gasteiger partial charge in [0.25, 0.3) is 0 Å². The molecule has 11 heteroatoms. The van der Waals surface area contributed by atoms with Gasteiger partial charge in [-0.3, -0.25) is 18.6 Å². The number of hydrogen-bond donors (Lipinski definition) is 3. The number of esters is 2. The molecule has 0 spiro atoms. The lowest BCUT2D eigenvalue weighted by Gasteiger charge is -2.20. The molecule has 0 heterocycles. The van der Waals surface area contributed by atoms with Crippen LogP contribution in [0.5, 0.6) is 0 Å². The molecule has 0 aromatic carbocycles. The fraction of sp³-hybridized carbons (Fsp3) is 0.918. The second-order valence-corrected chi connectivity index (χ2v) is 18.7. The number of allylic oxidation sites excluding steroid dienone is 2. The molecule has 0 saturated heterocycles. The summed E-state index contributed by atoms with van der Waals surface area (Å²) in [7, 11) is -4.62. The molecule has 0 aliphatic heterocycles. The van der Waals surface area contributed by atoms with Crippen molar-refractivity contribution in [3.63, 3.8) is 0 Å². The lowest BCUT2D eigenvalue weighted by atomic mass is 10.0. The molecule has 0 bridgehead atoms. The highest BCUT2D eigenvalue weighted by atomic mass is 31.2. The molecule has 356 valence electrons. The fourth-order valence-corrected chi connectivity index (χ4v) is 8.07. The average Bonchev–Trinajstić information content (AvgIpc) is 3.24. The summed E-state index contributed by atoms with van der Waals surface area (Å²) in [6, 6.07) is 0. The van der Waals surface area contributed by atoms with Gasteiger partial charge in [-0.15, -0.1) is 0 Å². The molecule has 10 nitrogen and oxygen atoms in total. The zero-order valence-electron chi connectivity index (χ0n) is 38.9. The summed E-state index contributed by atoms with van der Waals surface area (Å²) in [4.78, 5) is 35.1. The van der Waals surface area contributed by atoms with E-state index in [-0.39, 0.29) is 19.4 Å². The Kier molecular flexibility index (Phi) is 44.7. The summed E-state index contributed by atoms with van der Waals surface area (Å²) in [5, 5.41) is 18.4. The number of rotatable bonds is 48. The number of aliphatic hydroxyl groups is 2. The number of phosphoric ester groups is 1. The third kappa shape index (κ3) is 44.8. The lowest BCUT2D eigenvalue weighted by Crippen LogP contribution is -2.29. The van der Waals surface area contributed by atoms with Crippen LogP contribution in [0.4, 0.5) is 0 Å². The van der Waals surface area contributed by atoms with Crippen LogP contribution in [0.3, 0.4) is 0 Å². The Morgan fingerprint density at radius 2 is 0.817 bits per heavy atom. The van der Waals surface area contributed by atoms with Crippen LogP contribution in [-0.2, 0) is 32.7 Å². The summed E-state index contributed by atoms with van der Waals surface area (Å²) >= 11 is 0.